The first-order valence-corrected chi connectivity index (χ1v) is 4.48. The van der Waals surface area contributed by atoms with Crippen LogP contribution in [0.2, 0.25) is 0 Å². The molecule has 0 saturated carbocycles. The zero-order valence-electron chi connectivity index (χ0n) is 7.96. The number of nitriles is 1. The summed E-state index contributed by atoms with van der Waals surface area (Å²) in [6, 6.07) is 7.65. The quantitative estimate of drug-likeness (QED) is 0.731. The summed E-state index contributed by atoms with van der Waals surface area (Å²) in [6.07, 6.45) is 5.20. The largest absolute Gasteiger partial charge is 0.252 e. The van der Waals surface area contributed by atoms with Gasteiger partial charge in [-0.25, -0.2) is 9.97 Å². The highest BCUT2D eigenvalue weighted by atomic mass is 14.8. The van der Waals surface area contributed by atoms with Crippen molar-refractivity contribution in [2.45, 2.75) is 6.42 Å². The van der Waals surface area contributed by atoms with Crippen molar-refractivity contribution >= 4 is 0 Å². The molecule has 0 fully saturated rings. The SMILES string of the molecule is N#CCc1cccc(-c2cncnc2)n1. The fraction of sp³-hybridized carbons (Fsp3) is 0.0909. The first-order valence-electron chi connectivity index (χ1n) is 4.48. The van der Waals surface area contributed by atoms with Gasteiger partial charge < -0.3 is 0 Å². The second kappa shape index (κ2) is 4.29. The molecule has 0 radical (unpaired) electrons. The van der Waals surface area contributed by atoms with Crippen molar-refractivity contribution in [3.8, 4) is 17.3 Å². The summed E-state index contributed by atoms with van der Waals surface area (Å²) in [5.41, 5.74) is 2.42. The molecule has 0 amide bonds. The van der Waals surface area contributed by atoms with E-state index in [0.717, 1.165) is 17.0 Å². The number of nitrogens with zero attached hydrogens (tertiary/aromatic N) is 4. The molecule has 72 valence electrons. The van der Waals surface area contributed by atoms with Gasteiger partial charge in [-0.3, -0.25) is 4.98 Å². The molecular formula is C11H8N4. The molecule has 0 N–H and O–H groups in total. The fourth-order valence-corrected chi connectivity index (χ4v) is 1.25. The topological polar surface area (TPSA) is 62.5 Å². The van der Waals surface area contributed by atoms with Gasteiger partial charge in [-0.05, 0) is 12.1 Å². The van der Waals surface area contributed by atoms with Crippen LogP contribution in [0.25, 0.3) is 11.3 Å². The lowest BCUT2D eigenvalue weighted by molar-refractivity contribution is 1.10. The lowest BCUT2D eigenvalue weighted by atomic mass is 10.2. The van der Waals surface area contributed by atoms with Crippen molar-refractivity contribution in [2.24, 2.45) is 0 Å². The maximum absolute atomic E-state index is 8.57. The third kappa shape index (κ3) is 2.15. The van der Waals surface area contributed by atoms with E-state index in [4.69, 9.17) is 5.26 Å². The number of hydrogen-bond donors (Lipinski definition) is 0. The zero-order chi connectivity index (χ0) is 10.5. The standard InChI is InChI=1S/C11H8N4/c12-5-4-10-2-1-3-11(15-10)9-6-13-8-14-7-9/h1-3,6-8H,4H2. The maximum atomic E-state index is 8.57. The smallest absolute Gasteiger partial charge is 0.115 e. The third-order valence-electron chi connectivity index (χ3n) is 1.92. The Bertz CT molecular complexity index is 487. The molecule has 0 atom stereocenters. The van der Waals surface area contributed by atoms with Crippen LogP contribution in [0.5, 0.6) is 0 Å². The maximum Gasteiger partial charge on any atom is 0.115 e. The Hall–Kier alpha value is -2.28. The molecule has 15 heavy (non-hydrogen) atoms. The molecule has 0 unspecified atom stereocenters. The minimum atomic E-state index is 0.321. The van der Waals surface area contributed by atoms with E-state index >= 15 is 0 Å². The molecule has 2 rings (SSSR count). The van der Waals surface area contributed by atoms with Crippen molar-refractivity contribution in [3.63, 3.8) is 0 Å². The summed E-state index contributed by atoms with van der Waals surface area (Å²) in [5, 5.41) is 8.57. The van der Waals surface area contributed by atoms with E-state index in [1.54, 1.807) is 12.4 Å². The fourth-order valence-electron chi connectivity index (χ4n) is 1.25. The molecule has 0 saturated heterocycles. The molecule has 2 aromatic heterocycles. The van der Waals surface area contributed by atoms with E-state index in [1.165, 1.54) is 6.33 Å². The van der Waals surface area contributed by atoms with Crippen LogP contribution in [-0.2, 0) is 6.42 Å². The molecule has 4 heteroatoms. The molecule has 0 aliphatic rings. The Morgan fingerprint density at radius 2 is 2.00 bits per heavy atom. The third-order valence-corrected chi connectivity index (χ3v) is 1.92. The molecule has 0 spiro atoms. The molecule has 2 heterocycles. The van der Waals surface area contributed by atoms with Gasteiger partial charge in [0.15, 0.2) is 0 Å². The van der Waals surface area contributed by atoms with Crippen LogP contribution in [0.3, 0.4) is 0 Å². The summed E-state index contributed by atoms with van der Waals surface area (Å²) in [6.45, 7) is 0. The molecular weight excluding hydrogens is 188 g/mol. The molecule has 4 nitrogen and oxygen atoms in total. The van der Waals surface area contributed by atoms with E-state index in [1.807, 2.05) is 18.2 Å². The van der Waals surface area contributed by atoms with Crippen LogP contribution < -0.4 is 0 Å². The molecule has 0 aliphatic heterocycles. The summed E-state index contributed by atoms with van der Waals surface area (Å²) in [7, 11) is 0. The minimum absolute atomic E-state index is 0.321. The number of aromatic nitrogens is 3. The van der Waals surface area contributed by atoms with Gasteiger partial charge in [0.25, 0.3) is 0 Å². The van der Waals surface area contributed by atoms with Crippen LogP contribution in [0.4, 0.5) is 0 Å². The second-order valence-electron chi connectivity index (χ2n) is 2.98. The van der Waals surface area contributed by atoms with Crippen molar-refractivity contribution in [1.29, 1.82) is 5.26 Å². The van der Waals surface area contributed by atoms with Crippen LogP contribution in [0.1, 0.15) is 5.69 Å². The van der Waals surface area contributed by atoms with Crippen LogP contribution in [-0.4, -0.2) is 15.0 Å². The van der Waals surface area contributed by atoms with Gasteiger partial charge >= 0.3 is 0 Å². The number of pyridine rings is 1. The van der Waals surface area contributed by atoms with Gasteiger partial charge in [-0.2, -0.15) is 5.26 Å². The summed E-state index contributed by atoms with van der Waals surface area (Å²) < 4.78 is 0. The average Bonchev–Trinajstić information content (AvgIpc) is 2.31. The molecule has 0 aromatic carbocycles. The van der Waals surface area contributed by atoms with Crippen LogP contribution >= 0.6 is 0 Å². The molecule has 2 aromatic rings. The first-order chi connectivity index (χ1) is 7.40. The Labute approximate surface area is 87.3 Å². The highest BCUT2D eigenvalue weighted by Crippen LogP contribution is 2.14. The summed E-state index contributed by atoms with van der Waals surface area (Å²) in [4.78, 5) is 12.2. The Morgan fingerprint density at radius 1 is 1.20 bits per heavy atom. The van der Waals surface area contributed by atoms with E-state index in [2.05, 4.69) is 21.0 Å². The lowest BCUT2D eigenvalue weighted by Gasteiger charge is -2.00. The summed E-state index contributed by atoms with van der Waals surface area (Å²) >= 11 is 0. The number of rotatable bonds is 2. The van der Waals surface area contributed by atoms with Crippen molar-refractivity contribution in [3.05, 3.63) is 42.6 Å². The second-order valence-corrected chi connectivity index (χ2v) is 2.98. The minimum Gasteiger partial charge on any atom is -0.252 e. The van der Waals surface area contributed by atoms with Crippen molar-refractivity contribution < 1.29 is 0 Å². The first kappa shape index (κ1) is 9.28. The summed E-state index contributed by atoms with van der Waals surface area (Å²) in [5.74, 6) is 0. The van der Waals surface area contributed by atoms with Gasteiger partial charge in [0.2, 0.25) is 0 Å². The van der Waals surface area contributed by atoms with Crippen molar-refractivity contribution in [2.75, 3.05) is 0 Å². The van der Waals surface area contributed by atoms with Crippen LogP contribution in [0, 0.1) is 11.3 Å². The van der Waals surface area contributed by atoms with E-state index in [0.29, 0.717) is 6.42 Å². The van der Waals surface area contributed by atoms with Gasteiger partial charge in [0.05, 0.1) is 23.9 Å². The Balaban J connectivity index is 2.38. The van der Waals surface area contributed by atoms with Gasteiger partial charge in [-0.15, -0.1) is 0 Å². The lowest BCUT2D eigenvalue weighted by Crippen LogP contribution is -1.91. The molecule has 0 bridgehead atoms. The van der Waals surface area contributed by atoms with Crippen molar-refractivity contribution in [1.82, 2.24) is 15.0 Å². The van der Waals surface area contributed by atoms with E-state index < -0.39 is 0 Å². The normalized spacial score (nSPS) is 9.53. The monoisotopic (exact) mass is 196 g/mol. The van der Waals surface area contributed by atoms with E-state index in [-0.39, 0.29) is 0 Å². The van der Waals surface area contributed by atoms with Gasteiger partial charge in [0.1, 0.15) is 6.33 Å². The highest BCUT2D eigenvalue weighted by Gasteiger charge is 2.00. The average molecular weight is 196 g/mol. The van der Waals surface area contributed by atoms with Gasteiger partial charge in [0, 0.05) is 18.0 Å². The predicted octanol–water partition coefficient (Wildman–Crippen LogP) is 1.60. The van der Waals surface area contributed by atoms with Crippen LogP contribution in [0.15, 0.2) is 36.9 Å². The van der Waals surface area contributed by atoms with E-state index in [9.17, 15) is 0 Å². The zero-order valence-corrected chi connectivity index (χ0v) is 7.96. The number of hydrogen-bond acceptors (Lipinski definition) is 4. The predicted molar refractivity (Wildman–Crippen MR) is 54.6 cm³/mol. The molecule has 0 aliphatic carbocycles. The Morgan fingerprint density at radius 3 is 2.73 bits per heavy atom. The highest BCUT2D eigenvalue weighted by molar-refractivity contribution is 5.56. The Kier molecular flexibility index (Phi) is 2.65. The van der Waals surface area contributed by atoms with Gasteiger partial charge in [-0.1, -0.05) is 6.07 Å².